The molecule has 12 heavy (non-hydrogen) atoms. The van der Waals surface area contributed by atoms with Gasteiger partial charge in [-0.25, -0.2) is 0 Å². The molecule has 66 valence electrons. The molecule has 1 unspecified atom stereocenters. The summed E-state index contributed by atoms with van der Waals surface area (Å²) in [4.78, 5) is 0. The zero-order valence-corrected chi connectivity index (χ0v) is 7.58. The highest BCUT2D eigenvalue weighted by Crippen LogP contribution is 2.15. The number of hydrogen-bond donors (Lipinski definition) is 1. The number of nitrogens with one attached hydrogen (secondary N) is 1. The van der Waals surface area contributed by atoms with Gasteiger partial charge in [0.2, 0.25) is 0 Å². The van der Waals surface area contributed by atoms with Crippen molar-refractivity contribution in [1.29, 1.82) is 5.41 Å². The van der Waals surface area contributed by atoms with Crippen LogP contribution in [-0.2, 0) is 6.42 Å². The average molecular weight is 165 g/mol. The predicted molar refractivity (Wildman–Crippen MR) is 49.5 cm³/mol. The Bertz CT molecular complexity index is 226. The van der Waals surface area contributed by atoms with Crippen molar-refractivity contribution in [2.45, 2.75) is 20.3 Å². The summed E-state index contributed by atoms with van der Waals surface area (Å²) < 4.78 is 5.21. The van der Waals surface area contributed by atoms with Crippen molar-refractivity contribution in [1.82, 2.24) is 0 Å². The van der Waals surface area contributed by atoms with Crippen molar-refractivity contribution in [3.63, 3.8) is 0 Å². The number of rotatable bonds is 4. The van der Waals surface area contributed by atoms with Crippen molar-refractivity contribution in [3.05, 3.63) is 24.2 Å². The Kier molecular flexibility index (Phi) is 3.09. The summed E-state index contributed by atoms with van der Waals surface area (Å²) in [5, 5.41) is 7.23. The third kappa shape index (κ3) is 2.22. The molecule has 1 atom stereocenters. The van der Waals surface area contributed by atoms with E-state index in [9.17, 15) is 0 Å². The number of hydrogen-bond acceptors (Lipinski definition) is 2. The van der Waals surface area contributed by atoms with Gasteiger partial charge >= 0.3 is 0 Å². The maximum atomic E-state index is 7.23. The van der Waals surface area contributed by atoms with Crippen LogP contribution in [0.4, 0.5) is 0 Å². The third-order valence-corrected chi connectivity index (χ3v) is 2.09. The van der Waals surface area contributed by atoms with Crippen molar-refractivity contribution in [2.75, 3.05) is 0 Å². The second kappa shape index (κ2) is 4.10. The molecule has 2 heteroatoms. The molecule has 0 amide bonds. The Labute approximate surface area is 73.1 Å². The van der Waals surface area contributed by atoms with E-state index in [4.69, 9.17) is 9.83 Å². The van der Waals surface area contributed by atoms with Crippen LogP contribution in [0.25, 0.3) is 0 Å². The lowest BCUT2D eigenvalue weighted by Crippen LogP contribution is -2.12. The first-order valence-electron chi connectivity index (χ1n) is 4.27. The summed E-state index contributed by atoms with van der Waals surface area (Å²) in [5.74, 6) is 1.78. The molecule has 2 nitrogen and oxygen atoms in total. The minimum absolute atomic E-state index is 0.302. The smallest absolute Gasteiger partial charge is 0.104 e. The predicted octanol–water partition coefficient (Wildman–Crippen LogP) is 2.74. The topological polar surface area (TPSA) is 37.0 Å². The second-order valence-corrected chi connectivity index (χ2v) is 3.36. The highest BCUT2D eigenvalue weighted by atomic mass is 16.3. The van der Waals surface area contributed by atoms with E-state index in [2.05, 4.69) is 13.8 Å². The van der Waals surface area contributed by atoms with E-state index in [-0.39, 0.29) is 0 Å². The Hall–Kier alpha value is -1.05. The molecule has 0 spiro atoms. The van der Waals surface area contributed by atoms with Gasteiger partial charge in [-0.15, -0.1) is 0 Å². The van der Waals surface area contributed by atoms with E-state index in [1.54, 1.807) is 6.26 Å². The first kappa shape index (κ1) is 9.04. The molecule has 1 aromatic heterocycles. The summed E-state index contributed by atoms with van der Waals surface area (Å²) in [6.07, 6.45) is 4.03. The zero-order chi connectivity index (χ0) is 8.97. The molecule has 1 aromatic rings. The maximum absolute atomic E-state index is 7.23. The van der Waals surface area contributed by atoms with Crippen molar-refractivity contribution < 1.29 is 4.42 Å². The first-order chi connectivity index (χ1) is 5.74. The monoisotopic (exact) mass is 165 g/mol. The lowest BCUT2D eigenvalue weighted by atomic mass is 9.93. The van der Waals surface area contributed by atoms with Crippen LogP contribution >= 0.6 is 0 Å². The minimum atomic E-state index is 0.302. The minimum Gasteiger partial charge on any atom is -0.469 e. The Balaban J connectivity index is 2.54. The quantitative estimate of drug-likeness (QED) is 0.684. The fourth-order valence-electron chi connectivity index (χ4n) is 1.15. The molecule has 0 aliphatic carbocycles. The van der Waals surface area contributed by atoms with Crippen LogP contribution in [0.2, 0.25) is 0 Å². The molecule has 1 rings (SSSR count). The van der Waals surface area contributed by atoms with E-state index >= 15 is 0 Å². The first-order valence-corrected chi connectivity index (χ1v) is 4.27. The van der Waals surface area contributed by atoms with Crippen LogP contribution in [0.15, 0.2) is 22.8 Å². The van der Waals surface area contributed by atoms with Gasteiger partial charge in [-0.2, -0.15) is 0 Å². The van der Waals surface area contributed by atoms with Crippen LogP contribution in [-0.4, -0.2) is 6.21 Å². The van der Waals surface area contributed by atoms with Crippen LogP contribution < -0.4 is 0 Å². The normalized spacial score (nSPS) is 13.2. The molecule has 0 saturated carbocycles. The Morgan fingerprint density at radius 2 is 2.33 bits per heavy atom. The molecular formula is C10H15NO. The molecule has 0 fully saturated rings. The molecule has 0 aromatic carbocycles. The van der Waals surface area contributed by atoms with Gasteiger partial charge in [0, 0.05) is 12.3 Å². The lowest BCUT2D eigenvalue weighted by molar-refractivity contribution is 0.432. The fraction of sp³-hybridized carbons (Fsp3) is 0.500. The van der Waals surface area contributed by atoms with Crippen molar-refractivity contribution >= 4 is 6.21 Å². The van der Waals surface area contributed by atoms with E-state index < -0.39 is 0 Å². The van der Waals surface area contributed by atoms with Gasteiger partial charge in [0.1, 0.15) is 5.76 Å². The zero-order valence-electron chi connectivity index (χ0n) is 7.58. The highest BCUT2D eigenvalue weighted by Gasteiger charge is 2.11. The second-order valence-electron chi connectivity index (χ2n) is 3.36. The molecule has 0 aliphatic rings. The summed E-state index contributed by atoms with van der Waals surface area (Å²) in [5.41, 5.74) is 0. The molecule has 0 radical (unpaired) electrons. The van der Waals surface area contributed by atoms with E-state index in [0.717, 1.165) is 12.2 Å². The molecule has 1 N–H and O–H groups in total. The lowest BCUT2D eigenvalue weighted by Gasteiger charge is -2.13. The van der Waals surface area contributed by atoms with Crippen molar-refractivity contribution in [3.8, 4) is 0 Å². The average Bonchev–Trinajstić information content (AvgIpc) is 2.51. The largest absolute Gasteiger partial charge is 0.469 e. The van der Waals surface area contributed by atoms with Crippen LogP contribution in [0.5, 0.6) is 0 Å². The van der Waals surface area contributed by atoms with Gasteiger partial charge in [0.25, 0.3) is 0 Å². The number of furan rings is 1. The summed E-state index contributed by atoms with van der Waals surface area (Å²) >= 11 is 0. The van der Waals surface area contributed by atoms with Crippen LogP contribution in [0.3, 0.4) is 0 Å². The third-order valence-electron chi connectivity index (χ3n) is 2.09. The van der Waals surface area contributed by atoms with Gasteiger partial charge in [-0.3, -0.25) is 0 Å². The van der Waals surface area contributed by atoms with Gasteiger partial charge in [-0.05, 0) is 24.3 Å². The summed E-state index contributed by atoms with van der Waals surface area (Å²) in [6, 6.07) is 3.84. The molecular weight excluding hydrogens is 150 g/mol. The summed E-state index contributed by atoms with van der Waals surface area (Å²) in [7, 11) is 0. The van der Waals surface area contributed by atoms with Crippen molar-refractivity contribution in [2.24, 2.45) is 11.8 Å². The van der Waals surface area contributed by atoms with E-state index in [1.165, 1.54) is 6.21 Å². The standard InChI is InChI=1S/C10H15NO/c1-8(2)9(7-11)6-10-4-3-5-12-10/h3-5,7-9,11H,6H2,1-2H3. The van der Waals surface area contributed by atoms with E-state index in [1.807, 2.05) is 12.1 Å². The van der Waals surface area contributed by atoms with E-state index in [0.29, 0.717) is 11.8 Å². The highest BCUT2D eigenvalue weighted by molar-refractivity contribution is 5.57. The van der Waals surface area contributed by atoms with Gasteiger partial charge < -0.3 is 9.83 Å². The van der Waals surface area contributed by atoms with Crippen LogP contribution in [0.1, 0.15) is 19.6 Å². The summed E-state index contributed by atoms with van der Waals surface area (Å²) in [6.45, 7) is 4.25. The molecule has 1 heterocycles. The van der Waals surface area contributed by atoms with Gasteiger partial charge in [0.05, 0.1) is 6.26 Å². The maximum Gasteiger partial charge on any atom is 0.104 e. The Morgan fingerprint density at radius 3 is 2.75 bits per heavy atom. The fourth-order valence-corrected chi connectivity index (χ4v) is 1.15. The van der Waals surface area contributed by atoms with Gasteiger partial charge in [0.15, 0.2) is 0 Å². The Morgan fingerprint density at radius 1 is 1.58 bits per heavy atom. The molecule has 0 bridgehead atoms. The van der Waals surface area contributed by atoms with Crippen LogP contribution in [0, 0.1) is 17.2 Å². The molecule has 0 aliphatic heterocycles. The van der Waals surface area contributed by atoms with Gasteiger partial charge in [-0.1, -0.05) is 13.8 Å². The SMILES string of the molecule is CC(C)C(C=N)Cc1ccco1. The molecule has 0 saturated heterocycles.